The quantitative estimate of drug-likeness (QED) is 0.765. The van der Waals surface area contributed by atoms with E-state index in [1.54, 1.807) is 24.3 Å². The molecule has 2 aromatic rings. The van der Waals surface area contributed by atoms with E-state index in [2.05, 4.69) is 6.92 Å². The molecule has 0 bridgehead atoms. The summed E-state index contributed by atoms with van der Waals surface area (Å²) in [5.74, 6) is 0.572. The molecule has 0 amide bonds. The van der Waals surface area contributed by atoms with Gasteiger partial charge in [-0.05, 0) is 36.2 Å². The van der Waals surface area contributed by atoms with Crippen LogP contribution < -0.4 is 4.74 Å². The Hall–Kier alpha value is -1.80. The fourth-order valence-corrected chi connectivity index (χ4v) is 1.93. The van der Waals surface area contributed by atoms with E-state index < -0.39 is 0 Å². The first-order valence-electron chi connectivity index (χ1n) is 6.19. The normalized spacial score (nSPS) is 10.2. The molecule has 0 N–H and O–H groups in total. The maximum atomic E-state index is 12.0. The van der Waals surface area contributed by atoms with Crippen molar-refractivity contribution >= 4 is 17.4 Å². The number of carbonyl (C=O) groups is 1. The first-order valence-corrected chi connectivity index (χ1v) is 6.57. The van der Waals surface area contributed by atoms with Crippen LogP contribution in [0.3, 0.4) is 0 Å². The Morgan fingerprint density at radius 2 is 1.95 bits per heavy atom. The minimum atomic E-state index is -0.0322. The molecule has 0 spiro atoms. The second-order valence-corrected chi connectivity index (χ2v) is 4.66. The van der Waals surface area contributed by atoms with Crippen LogP contribution in [-0.4, -0.2) is 12.4 Å². The highest BCUT2D eigenvalue weighted by atomic mass is 35.5. The second-order valence-electron chi connectivity index (χ2n) is 4.22. The lowest BCUT2D eigenvalue weighted by Crippen LogP contribution is -2.11. The first kappa shape index (κ1) is 13.6. The smallest absolute Gasteiger partial charge is 0.200 e. The summed E-state index contributed by atoms with van der Waals surface area (Å²) in [6.07, 6.45) is 0.913. The summed E-state index contributed by atoms with van der Waals surface area (Å²) in [6.45, 7) is 2.08. The van der Waals surface area contributed by atoms with E-state index in [1.807, 2.05) is 24.3 Å². The zero-order valence-electron chi connectivity index (χ0n) is 10.7. The van der Waals surface area contributed by atoms with Gasteiger partial charge in [-0.2, -0.15) is 0 Å². The van der Waals surface area contributed by atoms with Crippen LogP contribution in [0.25, 0.3) is 0 Å². The summed E-state index contributed by atoms with van der Waals surface area (Å²) in [4.78, 5) is 12.0. The van der Waals surface area contributed by atoms with E-state index >= 15 is 0 Å². The molecule has 0 aromatic heterocycles. The van der Waals surface area contributed by atoms with Crippen LogP contribution in [0.1, 0.15) is 22.8 Å². The number of carbonyl (C=O) groups excluding carboxylic acids is 1. The molecule has 0 aliphatic carbocycles. The summed E-state index contributed by atoms with van der Waals surface area (Å²) >= 11 is 5.85. The highest BCUT2D eigenvalue weighted by molar-refractivity contribution is 6.30. The molecule has 0 atom stereocenters. The van der Waals surface area contributed by atoms with Crippen molar-refractivity contribution in [2.75, 3.05) is 6.61 Å². The van der Waals surface area contributed by atoms with Gasteiger partial charge in [0.2, 0.25) is 0 Å². The molecule has 0 saturated heterocycles. The predicted octanol–water partition coefficient (Wildman–Crippen LogP) is 4.16. The fraction of sp³-hybridized carbons (Fsp3) is 0.188. The van der Waals surface area contributed by atoms with Crippen molar-refractivity contribution in [1.29, 1.82) is 0 Å². The van der Waals surface area contributed by atoms with Gasteiger partial charge in [0, 0.05) is 10.6 Å². The number of rotatable bonds is 5. The molecule has 0 aliphatic rings. The van der Waals surface area contributed by atoms with Crippen molar-refractivity contribution in [3.63, 3.8) is 0 Å². The molecule has 2 nitrogen and oxygen atoms in total. The van der Waals surface area contributed by atoms with E-state index in [0.717, 1.165) is 12.0 Å². The number of hydrogen-bond acceptors (Lipinski definition) is 2. The Balaban J connectivity index is 2.01. The number of Topliss-reactive ketones (excluding diaryl/α,β-unsaturated/α-hetero) is 1. The molecular weight excluding hydrogens is 260 g/mol. The zero-order valence-corrected chi connectivity index (χ0v) is 11.5. The number of halogens is 1. The van der Waals surface area contributed by atoms with Crippen LogP contribution in [0.15, 0.2) is 48.5 Å². The summed E-state index contributed by atoms with van der Waals surface area (Å²) in [5.41, 5.74) is 1.83. The van der Waals surface area contributed by atoms with Crippen molar-refractivity contribution in [1.82, 2.24) is 0 Å². The maximum absolute atomic E-state index is 12.0. The molecule has 0 fully saturated rings. The van der Waals surface area contributed by atoms with Crippen LogP contribution in [0.4, 0.5) is 0 Å². The van der Waals surface area contributed by atoms with Crippen LogP contribution in [-0.2, 0) is 6.42 Å². The molecular formula is C16H15ClO2. The summed E-state index contributed by atoms with van der Waals surface area (Å²) < 4.78 is 5.44. The third-order valence-corrected chi connectivity index (χ3v) is 3.06. The van der Waals surface area contributed by atoms with E-state index in [1.165, 1.54) is 0 Å². The second kappa shape index (κ2) is 6.39. The summed E-state index contributed by atoms with van der Waals surface area (Å²) in [5, 5.41) is 0.595. The van der Waals surface area contributed by atoms with Gasteiger partial charge in [0.15, 0.2) is 12.4 Å². The van der Waals surface area contributed by atoms with Crippen molar-refractivity contribution in [3.05, 3.63) is 64.7 Å². The van der Waals surface area contributed by atoms with Gasteiger partial charge in [-0.1, -0.05) is 42.8 Å². The first-order chi connectivity index (χ1) is 9.19. The van der Waals surface area contributed by atoms with Gasteiger partial charge in [0.05, 0.1) is 0 Å². The standard InChI is InChI=1S/C16H15ClO2/c1-2-12-5-3-6-13(9-12)16(18)11-19-15-8-4-7-14(17)10-15/h3-10H,2,11H2,1H3. The summed E-state index contributed by atoms with van der Waals surface area (Å²) in [7, 11) is 0. The zero-order chi connectivity index (χ0) is 13.7. The van der Waals surface area contributed by atoms with Gasteiger partial charge < -0.3 is 4.74 Å². The molecule has 19 heavy (non-hydrogen) atoms. The summed E-state index contributed by atoms with van der Waals surface area (Å²) in [6, 6.07) is 14.6. The van der Waals surface area contributed by atoms with E-state index in [0.29, 0.717) is 16.3 Å². The van der Waals surface area contributed by atoms with Crippen molar-refractivity contribution < 1.29 is 9.53 Å². The highest BCUT2D eigenvalue weighted by Crippen LogP contribution is 2.17. The van der Waals surface area contributed by atoms with Crippen LogP contribution in [0.2, 0.25) is 5.02 Å². The van der Waals surface area contributed by atoms with Crippen LogP contribution >= 0.6 is 11.6 Å². The van der Waals surface area contributed by atoms with Gasteiger partial charge >= 0.3 is 0 Å². The third-order valence-electron chi connectivity index (χ3n) is 2.82. The Labute approximate surface area is 118 Å². The SMILES string of the molecule is CCc1cccc(C(=O)COc2cccc(Cl)c2)c1. The molecule has 0 aliphatic heterocycles. The van der Waals surface area contributed by atoms with E-state index in [4.69, 9.17) is 16.3 Å². The van der Waals surface area contributed by atoms with Gasteiger partial charge in [-0.25, -0.2) is 0 Å². The predicted molar refractivity (Wildman–Crippen MR) is 77.1 cm³/mol. The monoisotopic (exact) mass is 274 g/mol. The molecule has 3 heteroatoms. The largest absolute Gasteiger partial charge is 0.485 e. The van der Waals surface area contributed by atoms with Crippen molar-refractivity contribution in [2.45, 2.75) is 13.3 Å². The van der Waals surface area contributed by atoms with Gasteiger partial charge in [0.1, 0.15) is 5.75 Å². The number of ether oxygens (including phenoxy) is 1. The molecule has 0 unspecified atom stereocenters. The average molecular weight is 275 g/mol. The average Bonchev–Trinajstić information content (AvgIpc) is 2.45. The van der Waals surface area contributed by atoms with Gasteiger partial charge in [-0.3, -0.25) is 4.79 Å². The van der Waals surface area contributed by atoms with Gasteiger partial charge in [-0.15, -0.1) is 0 Å². The lowest BCUT2D eigenvalue weighted by atomic mass is 10.1. The van der Waals surface area contributed by atoms with E-state index in [9.17, 15) is 4.79 Å². The number of hydrogen-bond donors (Lipinski definition) is 0. The molecule has 2 rings (SSSR count). The van der Waals surface area contributed by atoms with Gasteiger partial charge in [0.25, 0.3) is 0 Å². The lowest BCUT2D eigenvalue weighted by molar-refractivity contribution is 0.0921. The van der Waals surface area contributed by atoms with Crippen LogP contribution in [0.5, 0.6) is 5.75 Å². The Morgan fingerprint density at radius 3 is 2.68 bits per heavy atom. The molecule has 0 radical (unpaired) electrons. The minimum absolute atomic E-state index is 0.0213. The lowest BCUT2D eigenvalue weighted by Gasteiger charge is -2.06. The van der Waals surface area contributed by atoms with E-state index in [-0.39, 0.29) is 12.4 Å². The minimum Gasteiger partial charge on any atom is -0.485 e. The maximum Gasteiger partial charge on any atom is 0.200 e. The molecule has 98 valence electrons. The highest BCUT2D eigenvalue weighted by Gasteiger charge is 2.07. The Kier molecular flexibility index (Phi) is 4.58. The molecule has 0 heterocycles. The number of ketones is 1. The molecule has 2 aromatic carbocycles. The number of benzene rings is 2. The topological polar surface area (TPSA) is 26.3 Å². The van der Waals surface area contributed by atoms with Crippen molar-refractivity contribution in [3.8, 4) is 5.75 Å². The Bertz CT molecular complexity index is 578. The number of aryl methyl sites for hydroxylation is 1. The fourth-order valence-electron chi connectivity index (χ4n) is 1.75. The Morgan fingerprint density at radius 1 is 1.16 bits per heavy atom. The third kappa shape index (κ3) is 3.83. The van der Waals surface area contributed by atoms with Crippen molar-refractivity contribution in [2.24, 2.45) is 0 Å². The molecule has 0 saturated carbocycles. The van der Waals surface area contributed by atoms with Crippen LogP contribution in [0, 0.1) is 0 Å².